The zero-order chi connectivity index (χ0) is 19.7. The number of imide groups is 1. The van der Waals surface area contributed by atoms with E-state index in [-0.39, 0.29) is 18.3 Å². The molecule has 0 aromatic heterocycles. The molecule has 0 heterocycles. The van der Waals surface area contributed by atoms with Gasteiger partial charge in [-0.15, -0.1) is 0 Å². The van der Waals surface area contributed by atoms with Gasteiger partial charge in [0.1, 0.15) is 6.04 Å². The van der Waals surface area contributed by atoms with Crippen LogP contribution in [0.5, 0.6) is 0 Å². The molecule has 0 spiro atoms. The summed E-state index contributed by atoms with van der Waals surface area (Å²) in [5, 5.41) is 9.57. The SMILES string of the molecule is CC(C)C[C@H](N)C(=O)N(C(=O)[C@@H](N)C(C)C)[C@@H](CCCCN)C(=O)O. The van der Waals surface area contributed by atoms with E-state index in [4.69, 9.17) is 17.2 Å². The summed E-state index contributed by atoms with van der Waals surface area (Å²) in [7, 11) is 0. The fraction of sp³-hybridized carbons (Fsp3) is 0.824. The predicted molar refractivity (Wildman–Crippen MR) is 96.4 cm³/mol. The molecule has 0 saturated heterocycles. The second-order valence-electron chi connectivity index (χ2n) is 7.19. The maximum absolute atomic E-state index is 12.8. The summed E-state index contributed by atoms with van der Waals surface area (Å²) in [5.74, 6) is -2.72. The number of carbonyl (C=O) groups is 3. The number of hydrogen-bond acceptors (Lipinski definition) is 6. The van der Waals surface area contributed by atoms with Gasteiger partial charge in [0, 0.05) is 0 Å². The average molecular weight is 358 g/mol. The first kappa shape index (κ1) is 23.5. The summed E-state index contributed by atoms with van der Waals surface area (Å²) in [6, 6.07) is -3.19. The molecule has 0 saturated carbocycles. The highest BCUT2D eigenvalue weighted by Crippen LogP contribution is 2.17. The van der Waals surface area contributed by atoms with E-state index < -0.39 is 35.9 Å². The molecule has 0 bridgehead atoms. The molecular formula is C17H34N4O4. The number of rotatable bonds is 11. The Morgan fingerprint density at radius 1 is 1.00 bits per heavy atom. The first-order valence-corrected chi connectivity index (χ1v) is 8.85. The van der Waals surface area contributed by atoms with Gasteiger partial charge in [-0.25, -0.2) is 4.79 Å². The van der Waals surface area contributed by atoms with Crippen molar-refractivity contribution in [3.05, 3.63) is 0 Å². The summed E-state index contributed by atoms with van der Waals surface area (Å²) in [4.78, 5) is 38.0. The van der Waals surface area contributed by atoms with Crippen LogP contribution in [0.25, 0.3) is 0 Å². The summed E-state index contributed by atoms with van der Waals surface area (Å²) in [6.07, 6.45) is 1.58. The molecule has 0 aliphatic rings. The third-order valence-electron chi connectivity index (χ3n) is 4.05. The van der Waals surface area contributed by atoms with E-state index in [9.17, 15) is 19.5 Å². The quantitative estimate of drug-likeness (QED) is 0.387. The number of nitrogens with zero attached hydrogens (tertiary/aromatic N) is 1. The van der Waals surface area contributed by atoms with Gasteiger partial charge in [-0.05, 0) is 44.1 Å². The summed E-state index contributed by atoms with van der Waals surface area (Å²) < 4.78 is 0. The Hall–Kier alpha value is -1.51. The lowest BCUT2D eigenvalue weighted by molar-refractivity contribution is -0.160. The highest BCUT2D eigenvalue weighted by molar-refractivity contribution is 6.03. The van der Waals surface area contributed by atoms with Crippen molar-refractivity contribution in [2.75, 3.05) is 6.54 Å². The van der Waals surface area contributed by atoms with Gasteiger partial charge in [0.15, 0.2) is 0 Å². The Bertz CT molecular complexity index is 454. The van der Waals surface area contributed by atoms with E-state index in [2.05, 4.69) is 0 Å². The Kier molecular flexibility index (Phi) is 10.5. The van der Waals surface area contributed by atoms with Crippen LogP contribution in [0.2, 0.25) is 0 Å². The third-order valence-corrected chi connectivity index (χ3v) is 4.05. The molecule has 2 amide bonds. The molecule has 8 heteroatoms. The van der Waals surface area contributed by atoms with E-state index in [0.717, 1.165) is 4.90 Å². The molecule has 0 unspecified atom stereocenters. The van der Waals surface area contributed by atoms with Gasteiger partial charge in [-0.1, -0.05) is 27.7 Å². The molecule has 8 nitrogen and oxygen atoms in total. The van der Waals surface area contributed by atoms with Crippen molar-refractivity contribution in [1.82, 2.24) is 4.90 Å². The topological polar surface area (TPSA) is 153 Å². The van der Waals surface area contributed by atoms with E-state index >= 15 is 0 Å². The van der Waals surface area contributed by atoms with Crippen LogP contribution in [-0.4, -0.2) is 52.5 Å². The minimum atomic E-state index is -1.28. The summed E-state index contributed by atoms with van der Waals surface area (Å²) >= 11 is 0. The zero-order valence-electron chi connectivity index (χ0n) is 15.8. The van der Waals surface area contributed by atoms with Crippen LogP contribution in [0, 0.1) is 11.8 Å². The lowest BCUT2D eigenvalue weighted by Gasteiger charge is -2.32. The Labute approximate surface area is 150 Å². The molecular weight excluding hydrogens is 324 g/mol. The fourth-order valence-corrected chi connectivity index (χ4v) is 2.49. The maximum Gasteiger partial charge on any atom is 0.326 e. The third kappa shape index (κ3) is 7.50. The van der Waals surface area contributed by atoms with Crippen molar-refractivity contribution < 1.29 is 19.5 Å². The Morgan fingerprint density at radius 3 is 1.96 bits per heavy atom. The summed E-state index contributed by atoms with van der Waals surface area (Å²) in [5.41, 5.74) is 17.3. The number of carbonyl (C=O) groups excluding carboxylic acids is 2. The van der Waals surface area contributed by atoms with E-state index in [1.807, 2.05) is 13.8 Å². The van der Waals surface area contributed by atoms with Gasteiger partial charge in [-0.3, -0.25) is 14.5 Å². The largest absolute Gasteiger partial charge is 0.480 e. The molecule has 146 valence electrons. The second kappa shape index (κ2) is 11.2. The van der Waals surface area contributed by atoms with Gasteiger partial charge >= 0.3 is 5.97 Å². The smallest absolute Gasteiger partial charge is 0.326 e. The van der Waals surface area contributed by atoms with Crippen LogP contribution >= 0.6 is 0 Å². The highest BCUT2D eigenvalue weighted by atomic mass is 16.4. The molecule has 25 heavy (non-hydrogen) atoms. The second-order valence-corrected chi connectivity index (χ2v) is 7.19. The monoisotopic (exact) mass is 358 g/mol. The standard InChI is InChI=1S/C17H34N4O4/c1-10(2)9-12(19)15(22)21(16(23)14(20)11(3)4)13(17(24)25)7-5-6-8-18/h10-14H,5-9,18-20H2,1-4H3,(H,24,25)/t12-,13-,14-/m0/s1. The van der Waals surface area contributed by atoms with Crippen molar-refractivity contribution in [3.63, 3.8) is 0 Å². The number of carboxylic acids is 1. The van der Waals surface area contributed by atoms with Gasteiger partial charge in [0.05, 0.1) is 12.1 Å². The first-order chi connectivity index (χ1) is 11.5. The van der Waals surface area contributed by atoms with Crippen molar-refractivity contribution in [2.24, 2.45) is 29.0 Å². The number of carboxylic acid groups (broad SMARTS) is 1. The van der Waals surface area contributed by atoms with Crippen molar-refractivity contribution >= 4 is 17.8 Å². The van der Waals surface area contributed by atoms with Crippen LogP contribution < -0.4 is 17.2 Å². The summed E-state index contributed by atoms with van der Waals surface area (Å²) in [6.45, 7) is 7.68. The van der Waals surface area contributed by atoms with E-state index in [1.165, 1.54) is 0 Å². The van der Waals surface area contributed by atoms with Crippen molar-refractivity contribution in [3.8, 4) is 0 Å². The number of amides is 2. The highest BCUT2D eigenvalue weighted by Gasteiger charge is 2.39. The maximum atomic E-state index is 12.8. The molecule has 7 N–H and O–H groups in total. The molecule has 3 atom stereocenters. The molecule has 0 aliphatic carbocycles. The fourth-order valence-electron chi connectivity index (χ4n) is 2.49. The first-order valence-electron chi connectivity index (χ1n) is 8.85. The predicted octanol–water partition coefficient (Wildman–Crippen LogP) is 0.281. The zero-order valence-corrected chi connectivity index (χ0v) is 15.8. The van der Waals surface area contributed by atoms with Gasteiger partial charge in [-0.2, -0.15) is 0 Å². The van der Waals surface area contributed by atoms with Crippen LogP contribution in [0.15, 0.2) is 0 Å². The minimum Gasteiger partial charge on any atom is -0.480 e. The number of nitrogens with two attached hydrogens (primary N) is 3. The molecule has 0 aromatic carbocycles. The Balaban J connectivity index is 5.64. The molecule has 0 aromatic rings. The normalized spacial score (nSPS) is 15.1. The van der Waals surface area contributed by atoms with Gasteiger partial charge in [0.25, 0.3) is 0 Å². The molecule has 0 aliphatic heterocycles. The number of aliphatic carboxylic acids is 1. The average Bonchev–Trinajstić information content (AvgIpc) is 2.51. The van der Waals surface area contributed by atoms with Crippen LogP contribution in [0.3, 0.4) is 0 Å². The molecule has 0 rings (SSSR count). The van der Waals surface area contributed by atoms with E-state index in [0.29, 0.717) is 25.8 Å². The number of hydrogen-bond donors (Lipinski definition) is 4. The minimum absolute atomic E-state index is 0.128. The number of unbranched alkanes of at least 4 members (excludes halogenated alkanes) is 1. The van der Waals surface area contributed by atoms with E-state index in [1.54, 1.807) is 13.8 Å². The van der Waals surface area contributed by atoms with Gasteiger partial charge in [0.2, 0.25) is 11.8 Å². The van der Waals surface area contributed by atoms with Gasteiger partial charge < -0.3 is 22.3 Å². The lowest BCUT2D eigenvalue weighted by Crippen LogP contribution is -2.59. The lowest BCUT2D eigenvalue weighted by atomic mass is 9.98. The molecule has 0 fully saturated rings. The van der Waals surface area contributed by atoms with Crippen molar-refractivity contribution in [1.29, 1.82) is 0 Å². The van der Waals surface area contributed by atoms with Crippen LogP contribution in [0.1, 0.15) is 53.4 Å². The van der Waals surface area contributed by atoms with Crippen LogP contribution in [-0.2, 0) is 14.4 Å². The van der Waals surface area contributed by atoms with Crippen molar-refractivity contribution in [2.45, 2.75) is 71.5 Å². The Morgan fingerprint density at radius 2 is 1.56 bits per heavy atom. The van der Waals surface area contributed by atoms with Crippen LogP contribution in [0.4, 0.5) is 0 Å². The molecule has 0 radical (unpaired) electrons.